The summed E-state index contributed by atoms with van der Waals surface area (Å²) in [5.41, 5.74) is 2.98. The SMILES string of the molecule is Cc1ccc(N2CCn3c2nc2c3c(=O)n(Cc3ccccc3Cl)c(=O)n2C)cc1. The summed E-state index contributed by atoms with van der Waals surface area (Å²) in [5, 5.41) is 0.524. The quantitative estimate of drug-likeness (QED) is 0.510. The first-order chi connectivity index (χ1) is 14.5. The van der Waals surface area contributed by atoms with Gasteiger partial charge in [0.05, 0.1) is 6.54 Å². The minimum absolute atomic E-state index is 0.114. The Morgan fingerprint density at radius 1 is 1.03 bits per heavy atom. The molecule has 1 aliphatic rings. The Kier molecular flexibility index (Phi) is 4.29. The lowest BCUT2D eigenvalue weighted by Crippen LogP contribution is -2.40. The highest BCUT2D eigenvalue weighted by Crippen LogP contribution is 2.31. The standard InChI is InChI=1S/C22H20ClN5O2/c1-14-7-9-16(10-8-14)26-11-12-27-18-19(24-21(26)27)25(2)22(30)28(20(18)29)13-15-5-3-4-6-17(15)23/h3-10H,11-13H2,1-2H3. The van der Waals surface area contributed by atoms with Crippen LogP contribution in [0.25, 0.3) is 11.2 Å². The van der Waals surface area contributed by atoms with Crippen LogP contribution in [-0.4, -0.2) is 25.2 Å². The summed E-state index contributed by atoms with van der Waals surface area (Å²) >= 11 is 6.26. The Bertz CT molecular complexity index is 1400. The lowest BCUT2D eigenvalue weighted by atomic mass is 10.2. The molecule has 2 aromatic carbocycles. The number of fused-ring (bicyclic) bond motifs is 3. The second-order valence-electron chi connectivity index (χ2n) is 7.55. The van der Waals surface area contributed by atoms with Gasteiger partial charge in [-0.25, -0.2) is 4.79 Å². The summed E-state index contributed by atoms with van der Waals surface area (Å²) in [4.78, 5) is 33.1. The van der Waals surface area contributed by atoms with Crippen LogP contribution >= 0.6 is 11.6 Å². The fraction of sp³-hybridized carbons (Fsp3) is 0.227. The van der Waals surface area contributed by atoms with E-state index in [1.54, 1.807) is 13.1 Å². The molecule has 4 aromatic rings. The molecule has 0 atom stereocenters. The average molecular weight is 422 g/mol. The number of imidazole rings is 1. The Labute approximate surface area is 177 Å². The first-order valence-electron chi connectivity index (χ1n) is 9.73. The monoisotopic (exact) mass is 421 g/mol. The number of hydrogen-bond donors (Lipinski definition) is 0. The minimum atomic E-state index is -0.411. The molecule has 0 N–H and O–H groups in total. The summed E-state index contributed by atoms with van der Waals surface area (Å²) in [6.07, 6.45) is 0. The Morgan fingerprint density at radius 3 is 2.50 bits per heavy atom. The van der Waals surface area contributed by atoms with Gasteiger partial charge < -0.3 is 9.47 Å². The molecule has 0 saturated heterocycles. The highest BCUT2D eigenvalue weighted by atomic mass is 35.5. The van der Waals surface area contributed by atoms with Crippen LogP contribution in [0.5, 0.6) is 0 Å². The minimum Gasteiger partial charge on any atom is -0.310 e. The zero-order valence-electron chi connectivity index (χ0n) is 16.7. The van der Waals surface area contributed by atoms with Gasteiger partial charge in [-0.05, 0) is 30.7 Å². The maximum Gasteiger partial charge on any atom is 0.332 e. The van der Waals surface area contributed by atoms with Gasteiger partial charge in [-0.3, -0.25) is 13.9 Å². The number of rotatable bonds is 3. The number of benzene rings is 2. The van der Waals surface area contributed by atoms with Crippen molar-refractivity contribution >= 4 is 34.4 Å². The normalized spacial score (nSPS) is 13.2. The van der Waals surface area contributed by atoms with Crippen molar-refractivity contribution in [1.82, 2.24) is 18.7 Å². The average Bonchev–Trinajstić information content (AvgIpc) is 3.31. The topological polar surface area (TPSA) is 65.1 Å². The van der Waals surface area contributed by atoms with Crippen LogP contribution in [0.1, 0.15) is 11.1 Å². The number of hydrogen-bond acceptors (Lipinski definition) is 4. The van der Waals surface area contributed by atoms with Crippen LogP contribution in [0.3, 0.4) is 0 Å². The molecule has 0 bridgehead atoms. The molecule has 0 aliphatic carbocycles. The lowest BCUT2D eigenvalue weighted by Gasteiger charge is -2.16. The molecule has 30 heavy (non-hydrogen) atoms. The van der Waals surface area contributed by atoms with Crippen molar-refractivity contribution in [3.63, 3.8) is 0 Å². The number of halogens is 1. The van der Waals surface area contributed by atoms with Crippen LogP contribution in [-0.2, 0) is 20.1 Å². The largest absolute Gasteiger partial charge is 0.332 e. The first kappa shape index (κ1) is 18.7. The molecule has 2 aromatic heterocycles. The molecule has 0 fully saturated rings. The summed E-state index contributed by atoms with van der Waals surface area (Å²) < 4.78 is 4.57. The Hall–Kier alpha value is -3.32. The van der Waals surface area contributed by atoms with Gasteiger partial charge in [0.15, 0.2) is 11.2 Å². The lowest BCUT2D eigenvalue weighted by molar-refractivity contribution is 0.652. The molecule has 0 spiro atoms. The van der Waals surface area contributed by atoms with Crippen molar-refractivity contribution in [3.05, 3.63) is 85.5 Å². The zero-order chi connectivity index (χ0) is 21.0. The predicted octanol–water partition coefficient (Wildman–Crippen LogP) is 3.06. The van der Waals surface area contributed by atoms with Crippen molar-refractivity contribution in [2.45, 2.75) is 20.0 Å². The molecule has 8 heteroatoms. The van der Waals surface area contributed by atoms with Crippen LogP contribution in [0.4, 0.5) is 11.6 Å². The number of aryl methyl sites for hydroxylation is 2. The van der Waals surface area contributed by atoms with E-state index in [-0.39, 0.29) is 12.1 Å². The second-order valence-corrected chi connectivity index (χ2v) is 7.95. The molecule has 0 unspecified atom stereocenters. The van der Waals surface area contributed by atoms with E-state index in [2.05, 4.69) is 9.88 Å². The van der Waals surface area contributed by atoms with Gasteiger partial charge in [0.2, 0.25) is 5.95 Å². The van der Waals surface area contributed by atoms with Gasteiger partial charge in [-0.2, -0.15) is 4.98 Å². The van der Waals surface area contributed by atoms with E-state index in [1.165, 1.54) is 14.7 Å². The van der Waals surface area contributed by atoms with Gasteiger partial charge in [0, 0.05) is 30.8 Å². The van der Waals surface area contributed by atoms with Crippen molar-refractivity contribution in [1.29, 1.82) is 0 Å². The molecular formula is C22H20ClN5O2. The van der Waals surface area contributed by atoms with E-state index in [4.69, 9.17) is 11.6 Å². The van der Waals surface area contributed by atoms with Gasteiger partial charge in [0.25, 0.3) is 5.56 Å². The summed E-state index contributed by atoms with van der Waals surface area (Å²) in [6, 6.07) is 15.4. The molecule has 5 rings (SSSR count). The number of anilines is 2. The molecule has 0 amide bonds. The van der Waals surface area contributed by atoms with Crippen LogP contribution in [0.2, 0.25) is 5.02 Å². The number of nitrogens with zero attached hydrogens (tertiary/aromatic N) is 5. The van der Waals surface area contributed by atoms with Gasteiger partial charge in [0.1, 0.15) is 0 Å². The van der Waals surface area contributed by atoms with Gasteiger partial charge in [-0.1, -0.05) is 47.5 Å². The highest BCUT2D eigenvalue weighted by Gasteiger charge is 2.28. The van der Waals surface area contributed by atoms with E-state index in [0.717, 1.165) is 11.3 Å². The van der Waals surface area contributed by atoms with Crippen molar-refractivity contribution in [2.24, 2.45) is 7.05 Å². The molecule has 152 valence electrons. The Morgan fingerprint density at radius 2 is 1.77 bits per heavy atom. The number of aromatic nitrogens is 4. The summed E-state index contributed by atoms with van der Waals surface area (Å²) in [5.74, 6) is 0.677. The highest BCUT2D eigenvalue weighted by molar-refractivity contribution is 6.31. The Balaban J connectivity index is 1.68. The van der Waals surface area contributed by atoms with Crippen molar-refractivity contribution in [2.75, 3.05) is 11.4 Å². The maximum absolute atomic E-state index is 13.4. The molecule has 0 saturated carbocycles. The van der Waals surface area contributed by atoms with Crippen LogP contribution in [0.15, 0.2) is 58.1 Å². The molecule has 7 nitrogen and oxygen atoms in total. The third kappa shape index (κ3) is 2.77. The van der Waals surface area contributed by atoms with E-state index < -0.39 is 5.69 Å². The molecular weight excluding hydrogens is 402 g/mol. The molecule has 0 radical (unpaired) electrons. The second kappa shape index (κ2) is 6.88. The smallest absolute Gasteiger partial charge is 0.310 e. The zero-order valence-corrected chi connectivity index (χ0v) is 17.4. The predicted molar refractivity (Wildman–Crippen MR) is 118 cm³/mol. The maximum atomic E-state index is 13.4. The summed E-state index contributed by atoms with van der Waals surface area (Å²) in [7, 11) is 1.64. The molecule has 1 aliphatic heterocycles. The van der Waals surface area contributed by atoms with Gasteiger partial charge >= 0.3 is 5.69 Å². The van der Waals surface area contributed by atoms with E-state index in [0.29, 0.717) is 35.2 Å². The summed E-state index contributed by atoms with van der Waals surface area (Å²) in [6.45, 7) is 3.50. The van der Waals surface area contributed by atoms with E-state index in [1.807, 2.05) is 54.0 Å². The first-order valence-corrected chi connectivity index (χ1v) is 10.1. The van der Waals surface area contributed by atoms with Crippen molar-refractivity contribution in [3.8, 4) is 0 Å². The third-order valence-electron chi connectivity index (χ3n) is 5.63. The van der Waals surface area contributed by atoms with Crippen LogP contribution in [0, 0.1) is 6.92 Å². The van der Waals surface area contributed by atoms with Crippen molar-refractivity contribution < 1.29 is 0 Å². The fourth-order valence-electron chi connectivity index (χ4n) is 3.98. The van der Waals surface area contributed by atoms with Crippen LogP contribution < -0.4 is 16.1 Å². The van der Waals surface area contributed by atoms with E-state index in [9.17, 15) is 9.59 Å². The van der Waals surface area contributed by atoms with Gasteiger partial charge in [-0.15, -0.1) is 0 Å². The van der Waals surface area contributed by atoms with E-state index >= 15 is 0 Å². The molecule has 3 heterocycles. The third-order valence-corrected chi connectivity index (χ3v) is 6.00. The fourth-order valence-corrected chi connectivity index (χ4v) is 4.18.